The standard InChI is InChI=1S/C21H18N4O2/c1-15-8-10-16(11-9-15)13-23-25-21(27)18-6-2-3-7-19(18)24-20(26)17-5-4-12-22-14-17/h2-14H,1H3,(H,24,26)(H,25,27)/b23-13+. The molecule has 27 heavy (non-hydrogen) atoms. The van der Waals surface area contributed by atoms with E-state index in [0.717, 1.165) is 11.1 Å². The van der Waals surface area contributed by atoms with Crippen LogP contribution in [0.3, 0.4) is 0 Å². The summed E-state index contributed by atoms with van der Waals surface area (Å²) >= 11 is 0. The van der Waals surface area contributed by atoms with Gasteiger partial charge in [0.25, 0.3) is 11.8 Å². The Morgan fingerprint density at radius 3 is 2.48 bits per heavy atom. The van der Waals surface area contributed by atoms with Gasteiger partial charge in [0.1, 0.15) is 0 Å². The molecule has 0 aliphatic heterocycles. The van der Waals surface area contributed by atoms with E-state index in [1.165, 1.54) is 6.20 Å². The summed E-state index contributed by atoms with van der Waals surface area (Å²) in [7, 11) is 0. The Morgan fingerprint density at radius 1 is 0.963 bits per heavy atom. The van der Waals surface area contributed by atoms with Gasteiger partial charge in [0.05, 0.1) is 23.0 Å². The molecular formula is C21H18N4O2. The van der Waals surface area contributed by atoms with Crippen molar-refractivity contribution in [1.29, 1.82) is 0 Å². The van der Waals surface area contributed by atoms with Crippen LogP contribution in [0.1, 0.15) is 31.8 Å². The number of anilines is 1. The molecule has 2 aromatic carbocycles. The number of hydrazone groups is 1. The van der Waals surface area contributed by atoms with E-state index in [2.05, 4.69) is 20.8 Å². The summed E-state index contributed by atoms with van der Waals surface area (Å²) in [4.78, 5) is 28.7. The molecule has 1 aromatic heterocycles. The van der Waals surface area contributed by atoms with Gasteiger partial charge in [-0.25, -0.2) is 5.43 Å². The van der Waals surface area contributed by atoms with Crippen LogP contribution < -0.4 is 10.7 Å². The second-order valence-electron chi connectivity index (χ2n) is 5.85. The average molecular weight is 358 g/mol. The maximum absolute atomic E-state index is 12.4. The molecule has 0 unspecified atom stereocenters. The number of para-hydroxylation sites is 1. The smallest absolute Gasteiger partial charge is 0.273 e. The van der Waals surface area contributed by atoms with Crippen LogP contribution in [0.4, 0.5) is 5.69 Å². The van der Waals surface area contributed by atoms with Crippen molar-refractivity contribution in [3.8, 4) is 0 Å². The van der Waals surface area contributed by atoms with E-state index < -0.39 is 5.91 Å². The van der Waals surface area contributed by atoms with Crippen LogP contribution >= 0.6 is 0 Å². The highest BCUT2D eigenvalue weighted by Gasteiger charge is 2.13. The highest BCUT2D eigenvalue weighted by atomic mass is 16.2. The Kier molecular flexibility index (Phi) is 5.69. The Hall–Kier alpha value is -3.80. The number of amides is 2. The minimum Gasteiger partial charge on any atom is -0.321 e. The molecular weight excluding hydrogens is 340 g/mol. The number of rotatable bonds is 5. The first-order valence-electron chi connectivity index (χ1n) is 8.34. The summed E-state index contributed by atoms with van der Waals surface area (Å²) < 4.78 is 0. The van der Waals surface area contributed by atoms with Gasteiger partial charge in [0, 0.05) is 12.4 Å². The molecule has 0 aliphatic rings. The van der Waals surface area contributed by atoms with Gasteiger partial charge < -0.3 is 5.32 Å². The molecule has 0 saturated carbocycles. The van der Waals surface area contributed by atoms with Gasteiger partial charge in [-0.15, -0.1) is 0 Å². The van der Waals surface area contributed by atoms with Crippen LogP contribution in [0.5, 0.6) is 0 Å². The summed E-state index contributed by atoms with van der Waals surface area (Å²) in [6, 6.07) is 17.8. The molecule has 3 rings (SSSR count). The van der Waals surface area contributed by atoms with Crippen LogP contribution in [-0.2, 0) is 0 Å². The maximum atomic E-state index is 12.4. The third kappa shape index (κ3) is 4.85. The lowest BCUT2D eigenvalue weighted by Gasteiger charge is -2.09. The SMILES string of the molecule is Cc1ccc(/C=N/NC(=O)c2ccccc2NC(=O)c2cccnc2)cc1. The number of aryl methyl sites for hydroxylation is 1. The topological polar surface area (TPSA) is 83.5 Å². The average Bonchev–Trinajstić information content (AvgIpc) is 2.70. The maximum Gasteiger partial charge on any atom is 0.273 e. The van der Waals surface area contributed by atoms with E-state index in [0.29, 0.717) is 16.8 Å². The Labute approximate surface area is 157 Å². The molecule has 0 atom stereocenters. The van der Waals surface area contributed by atoms with Crippen molar-refractivity contribution in [2.45, 2.75) is 6.92 Å². The molecule has 134 valence electrons. The number of nitrogens with zero attached hydrogens (tertiary/aromatic N) is 2. The number of benzene rings is 2. The van der Waals surface area contributed by atoms with Gasteiger partial charge in [-0.2, -0.15) is 5.10 Å². The third-order valence-corrected chi connectivity index (χ3v) is 3.80. The number of hydrogen-bond acceptors (Lipinski definition) is 4. The highest BCUT2D eigenvalue weighted by Crippen LogP contribution is 2.16. The van der Waals surface area contributed by atoms with E-state index in [-0.39, 0.29) is 5.91 Å². The van der Waals surface area contributed by atoms with Crippen molar-refractivity contribution in [3.05, 3.63) is 95.3 Å². The lowest BCUT2D eigenvalue weighted by Crippen LogP contribution is -2.21. The number of pyridine rings is 1. The summed E-state index contributed by atoms with van der Waals surface area (Å²) in [6.07, 6.45) is 4.61. The van der Waals surface area contributed by atoms with Crippen LogP contribution in [0, 0.1) is 6.92 Å². The zero-order valence-corrected chi connectivity index (χ0v) is 14.7. The fraction of sp³-hybridized carbons (Fsp3) is 0.0476. The second-order valence-corrected chi connectivity index (χ2v) is 5.85. The lowest BCUT2D eigenvalue weighted by atomic mass is 10.1. The molecule has 1 heterocycles. The van der Waals surface area contributed by atoms with Crippen molar-refractivity contribution in [3.63, 3.8) is 0 Å². The van der Waals surface area contributed by atoms with Gasteiger partial charge in [0.2, 0.25) is 0 Å². The molecule has 0 radical (unpaired) electrons. The predicted molar refractivity (Wildman–Crippen MR) is 105 cm³/mol. The number of aromatic nitrogens is 1. The Morgan fingerprint density at radius 2 is 1.74 bits per heavy atom. The first-order chi connectivity index (χ1) is 13.1. The van der Waals surface area contributed by atoms with Gasteiger partial charge in [-0.3, -0.25) is 14.6 Å². The van der Waals surface area contributed by atoms with Gasteiger partial charge in [0.15, 0.2) is 0 Å². The largest absolute Gasteiger partial charge is 0.321 e. The van der Waals surface area contributed by atoms with E-state index in [4.69, 9.17) is 0 Å². The minimum absolute atomic E-state index is 0.316. The highest BCUT2D eigenvalue weighted by molar-refractivity contribution is 6.08. The Balaban J connectivity index is 1.70. The first-order valence-corrected chi connectivity index (χ1v) is 8.34. The van der Waals surface area contributed by atoms with Crippen LogP contribution in [0.15, 0.2) is 78.2 Å². The Bertz CT molecular complexity index is 967. The molecule has 2 amide bonds. The molecule has 0 aliphatic carbocycles. The lowest BCUT2D eigenvalue weighted by molar-refractivity contribution is 0.0956. The second kappa shape index (κ2) is 8.53. The van der Waals surface area contributed by atoms with Crippen LogP contribution in [-0.4, -0.2) is 23.0 Å². The number of carbonyl (C=O) groups excluding carboxylic acids is 2. The molecule has 6 nitrogen and oxygen atoms in total. The monoisotopic (exact) mass is 358 g/mol. The van der Waals surface area contributed by atoms with E-state index in [1.54, 1.807) is 48.8 Å². The molecule has 6 heteroatoms. The molecule has 2 N–H and O–H groups in total. The van der Waals surface area contributed by atoms with Gasteiger partial charge in [-0.1, -0.05) is 42.0 Å². The predicted octanol–water partition coefficient (Wildman–Crippen LogP) is 3.41. The van der Waals surface area contributed by atoms with Crippen molar-refractivity contribution < 1.29 is 9.59 Å². The number of hydrogen-bond donors (Lipinski definition) is 2. The van der Waals surface area contributed by atoms with Crippen LogP contribution in [0.25, 0.3) is 0 Å². The van der Waals surface area contributed by atoms with Crippen molar-refractivity contribution in [2.75, 3.05) is 5.32 Å². The minimum atomic E-state index is -0.416. The summed E-state index contributed by atoms with van der Waals surface area (Å²) in [5.41, 5.74) is 5.62. The van der Waals surface area contributed by atoms with E-state index in [9.17, 15) is 9.59 Å². The molecule has 0 fully saturated rings. The van der Waals surface area contributed by atoms with Crippen molar-refractivity contribution in [2.24, 2.45) is 5.10 Å². The number of carbonyl (C=O) groups is 2. The van der Waals surface area contributed by atoms with E-state index >= 15 is 0 Å². The molecule has 0 spiro atoms. The quantitative estimate of drug-likeness (QED) is 0.541. The fourth-order valence-corrected chi connectivity index (χ4v) is 2.36. The van der Waals surface area contributed by atoms with Gasteiger partial charge in [-0.05, 0) is 36.8 Å². The molecule has 0 bridgehead atoms. The van der Waals surface area contributed by atoms with Gasteiger partial charge >= 0.3 is 0 Å². The molecule has 0 saturated heterocycles. The fourth-order valence-electron chi connectivity index (χ4n) is 2.36. The summed E-state index contributed by atoms with van der Waals surface area (Å²) in [5.74, 6) is -0.757. The summed E-state index contributed by atoms with van der Waals surface area (Å²) in [5, 5.41) is 6.71. The van der Waals surface area contributed by atoms with Crippen molar-refractivity contribution in [1.82, 2.24) is 10.4 Å². The van der Waals surface area contributed by atoms with E-state index in [1.807, 2.05) is 31.2 Å². The molecule has 3 aromatic rings. The summed E-state index contributed by atoms with van der Waals surface area (Å²) in [6.45, 7) is 2.00. The zero-order valence-electron chi connectivity index (χ0n) is 14.7. The number of nitrogens with one attached hydrogen (secondary N) is 2. The zero-order chi connectivity index (χ0) is 19.1. The van der Waals surface area contributed by atoms with Crippen molar-refractivity contribution >= 4 is 23.7 Å². The van der Waals surface area contributed by atoms with Crippen LogP contribution in [0.2, 0.25) is 0 Å². The third-order valence-electron chi connectivity index (χ3n) is 3.80. The normalized spacial score (nSPS) is 10.6. The first kappa shape index (κ1) is 18.0.